The van der Waals surface area contributed by atoms with Crippen LogP contribution >= 0.6 is 0 Å². The van der Waals surface area contributed by atoms with Crippen molar-refractivity contribution >= 4 is 11.5 Å². The van der Waals surface area contributed by atoms with Crippen LogP contribution in [0.1, 0.15) is 12.0 Å². The Balaban J connectivity index is 1.47. The maximum Gasteiger partial charge on any atom is 0.457 e. The molecule has 1 aromatic carbocycles. The van der Waals surface area contributed by atoms with Crippen LogP contribution in [-0.4, -0.2) is 65.8 Å². The summed E-state index contributed by atoms with van der Waals surface area (Å²) in [6.07, 6.45) is -7.64. The number of hydrogen-bond donors (Lipinski definition) is 1. The Labute approximate surface area is 194 Å². The highest BCUT2D eigenvalue weighted by Crippen LogP contribution is 2.28. The molecule has 12 heteroatoms. The lowest BCUT2D eigenvalue weighted by atomic mass is 10.2. The molecule has 1 fully saturated rings. The van der Waals surface area contributed by atoms with Crippen molar-refractivity contribution in [3.8, 4) is 5.75 Å². The van der Waals surface area contributed by atoms with Crippen LogP contribution in [0.5, 0.6) is 5.75 Å². The summed E-state index contributed by atoms with van der Waals surface area (Å²) >= 11 is 0. The van der Waals surface area contributed by atoms with Gasteiger partial charge in [-0.3, -0.25) is 18.8 Å². The molecule has 1 aliphatic rings. The zero-order valence-corrected chi connectivity index (χ0v) is 19.4. The second kappa shape index (κ2) is 10.5. The van der Waals surface area contributed by atoms with Gasteiger partial charge in [0.05, 0.1) is 5.56 Å². The Bertz CT molecular complexity index is 1070. The fourth-order valence-corrected chi connectivity index (χ4v) is 3.94. The van der Waals surface area contributed by atoms with E-state index in [4.69, 9.17) is 0 Å². The summed E-state index contributed by atoms with van der Waals surface area (Å²) in [6.45, 7) is 5.91. The molecule has 0 aliphatic carbocycles. The van der Waals surface area contributed by atoms with Gasteiger partial charge in [0.25, 0.3) is 5.56 Å². The Hall–Kier alpha value is -3.02. The minimum absolute atomic E-state index is 0.170. The fourth-order valence-electron chi connectivity index (χ4n) is 3.94. The van der Waals surface area contributed by atoms with E-state index in [1.54, 1.807) is 20.0 Å². The smallest absolute Gasteiger partial charge is 0.452 e. The number of benzene rings is 1. The Kier molecular flexibility index (Phi) is 7.90. The zero-order valence-electron chi connectivity index (χ0n) is 19.4. The normalized spacial score (nSPS) is 15.9. The third-order valence-electron chi connectivity index (χ3n) is 5.89. The van der Waals surface area contributed by atoms with E-state index >= 15 is 0 Å². The van der Waals surface area contributed by atoms with E-state index in [-0.39, 0.29) is 17.0 Å². The van der Waals surface area contributed by atoms with Gasteiger partial charge < -0.3 is 15.0 Å². The summed E-state index contributed by atoms with van der Waals surface area (Å²) in [7, 11) is 3.07. The van der Waals surface area contributed by atoms with Crippen molar-refractivity contribution in [1.82, 2.24) is 14.0 Å². The van der Waals surface area contributed by atoms with E-state index in [2.05, 4.69) is 15.0 Å². The van der Waals surface area contributed by atoms with Crippen LogP contribution in [-0.2, 0) is 14.1 Å². The van der Waals surface area contributed by atoms with Gasteiger partial charge in [-0.05, 0) is 32.0 Å². The maximum atomic E-state index is 13.2. The summed E-state index contributed by atoms with van der Waals surface area (Å²) < 4.78 is 57.3. The molecule has 0 radical (unpaired) electrons. The lowest BCUT2D eigenvalue weighted by molar-refractivity contribution is -0.236. The monoisotopic (exact) mass is 487 g/mol. The molecule has 1 aromatic heterocycles. The third kappa shape index (κ3) is 5.91. The Morgan fingerprint density at radius 1 is 1.09 bits per heavy atom. The number of rotatable bonds is 8. The largest absolute Gasteiger partial charge is 0.457 e. The number of hydrogen-bond acceptors (Lipinski definition) is 6. The number of ether oxygens (including phenoxy) is 1. The summed E-state index contributed by atoms with van der Waals surface area (Å²) in [6, 6.07) is 6.00. The first-order valence-corrected chi connectivity index (χ1v) is 10.9. The van der Waals surface area contributed by atoms with Crippen LogP contribution in [0.25, 0.3) is 0 Å². The minimum atomic E-state index is -5.07. The molecule has 3 rings (SSSR count). The van der Waals surface area contributed by atoms with Crippen LogP contribution < -0.4 is 26.2 Å². The summed E-state index contributed by atoms with van der Waals surface area (Å²) in [4.78, 5) is 28.5. The first-order valence-electron chi connectivity index (χ1n) is 10.9. The highest BCUT2D eigenvalue weighted by molar-refractivity contribution is 5.51. The van der Waals surface area contributed by atoms with Crippen LogP contribution in [0.15, 0.2) is 33.9 Å². The van der Waals surface area contributed by atoms with Crippen molar-refractivity contribution in [2.24, 2.45) is 14.1 Å². The molecule has 0 amide bonds. The summed E-state index contributed by atoms with van der Waals surface area (Å²) in [5, 5.41) is 3.18. The number of anilines is 2. The third-order valence-corrected chi connectivity index (χ3v) is 5.89. The maximum absolute atomic E-state index is 13.2. The standard InChI is InChI=1S/C22H29F4N5O3/c1-15-18(28(2)21(33)29(3)19(15)32)27-8-5-9-30-10-12-31(13-11-30)16-6-4-7-17(14-16)34-20(23)22(24,25)26/h4,6-7,14,20,27H,5,8-13H2,1-3H3. The van der Waals surface area contributed by atoms with Gasteiger partial charge in [-0.25, -0.2) is 4.79 Å². The molecule has 1 saturated heterocycles. The predicted octanol–water partition coefficient (Wildman–Crippen LogP) is 2.25. The number of halogens is 4. The van der Waals surface area contributed by atoms with Crippen molar-refractivity contribution in [1.29, 1.82) is 0 Å². The summed E-state index contributed by atoms with van der Waals surface area (Å²) in [5.41, 5.74) is 0.453. The van der Waals surface area contributed by atoms with E-state index in [1.165, 1.54) is 29.8 Å². The first-order chi connectivity index (χ1) is 16.0. The number of nitrogens with one attached hydrogen (secondary N) is 1. The molecule has 0 spiro atoms. The Morgan fingerprint density at radius 3 is 2.41 bits per heavy atom. The molecule has 0 bridgehead atoms. The van der Waals surface area contributed by atoms with E-state index in [9.17, 15) is 27.2 Å². The molecule has 188 valence electrons. The molecule has 1 aliphatic heterocycles. The van der Waals surface area contributed by atoms with Gasteiger partial charge >= 0.3 is 18.2 Å². The second-order valence-corrected chi connectivity index (χ2v) is 8.26. The zero-order chi connectivity index (χ0) is 25.0. The van der Waals surface area contributed by atoms with Crippen LogP contribution in [0.2, 0.25) is 0 Å². The first kappa shape index (κ1) is 25.6. The van der Waals surface area contributed by atoms with E-state index in [0.29, 0.717) is 36.7 Å². The molecule has 1 atom stereocenters. The molecule has 2 heterocycles. The molecule has 0 saturated carbocycles. The highest BCUT2D eigenvalue weighted by Gasteiger charge is 2.42. The fraction of sp³-hybridized carbons (Fsp3) is 0.545. The molecule has 2 aromatic rings. The molecule has 1 N–H and O–H groups in total. The van der Waals surface area contributed by atoms with Crippen molar-refractivity contribution in [3.05, 3.63) is 50.7 Å². The average molecular weight is 487 g/mol. The predicted molar refractivity (Wildman–Crippen MR) is 121 cm³/mol. The van der Waals surface area contributed by atoms with Gasteiger partial charge in [0.15, 0.2) is 0 Å². The van der Waals surface area contributed by atoms with Crippen molar-refractivity contribution in [2.75, 3.05) is 49.5 Å². The lowest BCUT2D eigenvalue weighted by Crippen LogP contribution is -2.47. The quantitative estimate of drug-likeness (QED) is 0.455. The van der Waals surface area contributed by atoms with E-state index < -0.39 is 12.5 Å². The average Bonchev–Trinajstić information content (AvgIpc) is 2.81. The molecule has 34 heavy (non-hydrogen) atoms. The van der Waals surface area contributed by atoms with E-state index in [1.807, 2.05) is 4.90 Å². The van der Waals surface area contributed by atoms with Crippen LogP contribution in [0, 0.1) is 6.92 Å². The number of nitrogens with zero attached hydrogens (tertiary/aromatic N) is 4. The topological polar surface area (TPSA) is 71.7 Å². The molecule has 8 nitrogen and oxygen atoms in total. The van der Waals surface area contributed by atoms with Crippen LogP contribution in [0.4, 0.5) is 29.1 Å². The number of piperazine rings is 1. The lowest BCUT2D eigenvalue weighted by Gasteiger charge is -2.36. The minimum Gasteiger partial charge on any atom is -0.452 e. The summed E-state index contributed by atoms with van der Waals surface area (Å²) in [5.74, 6) is 0.345. The Morgan fingerprint density at radius 2 is 1.76 bits per heavy atom. The van der Waals surface area contributed by atoms with Gasteiger partial charge in [-0.2, -0.15) is 17.6 Å². The van der Waals surface area contributed by atoms with Crippen LogP contribution in [0.3, 0.4) is 0 Å². The second-order valence-electron chi connectivity index (χ2n) is 8.26. The van der Waals surface area contributed by atoms with Gasteiger partial charge in [0.2, 0.25) is 0 Å². The van der Waals surface area contributed by atoms with E-state index in [0.717, 1.165) is 30.6 Å². The van der Waals surface area contributed by atoms with Crippen molar-refractivity contribution in [3.63, 3.8) is 0 Å². The molecular formula is C22H29F4N5O3. The number of aromatic nitrogens is 2. The number of alkyl halides is 4. The SMILES string of the molecule is Cc1c(NCCCN2CCN(c3cccc(OC(F)C(F)(F)F)c3)CC2)n(C)c(=O)n(C)c1=O. The van der Waals surface area contributed by atoms with Gasteiger partial charge in [0.1, 0.15) is 11.6 Å². The van der Waals surface area contributed by atoms with Gasteiger partial charge in [-0.15, -0.1) is 0 Å². The molecule has 1 unspecified atom stereocenters. The molecular weight excluding hydrogens is 458 g/mol. The van der Waals surface area contributed by atoms with Crippen molar-refractivity contribution in [2.45, 2.75) is 25.9 Å². The van der Waals surface area contributed by atoms with Gasteiger partial charge in [0, 0.05) is 58.6 Å². The van der Waals surface area contributed by atoms with Crippen molar-refractivity contribution < 1.29 is 22.3 Å². The van der Waals surface area contributed by atoms with Gasteiger partial charge in [-0.1, -0.05) is 6.07 Å². The highest BCUT2D eigenvalue weighted by atomic mass is 19.4.